The van der Waals surface area contributed by atoms with Crippen LogP contribution in [0.25, 0.3) is 0 Å². The van der Waals surface area contributed by atoms with Gasteiger partial charge in [0.2, 0.25) is 5.89 Å². The standard InChI is InChI=1S/C15H20FN5O2/c1-10(22-13-6-4-5-12(16)7-13)8-18-15(17-3)19-9-14-20-11(2)21-23-14/h4-7,10H,8-9H2,1-3H3,(H2,17,18,19). The molecule has 1 aromatic carbocycles. The lowest BCUT2D eigenvalue weighted by Gasteiger charge is -2.17. The third kappa shape index (κ3) is 5.57. The Balaban J connectivity index is 1.76. The smallest absolute Gasteiger partial charge is 0.246 e. The number of nitrogens with one attached hydrogen (secondary N) is 2. The number of hydrogen-bond donors (Lipinski definition) is 2. The van der Waals surface area contributed by atoms with Crippen LogP contribution in [0.3, 0.4) is 0 Å². The first-order valence-electron chi connectivity index (χ1n) is 7.22. The summed E-state index contributed by atoms with van der Waals surface area (Å²) in [4.78, 5) is 8.19. The van der Waals surface area contributed by atoms with Gasteiger partial charge in [0.05, 0.1) is 13.1 Å². The number of aliphatic imine (C=N–C) groups is 1. The van der Waals surface area contributed by atoms with Gasteiger partial charge in [0.1, 0.15) is 17.7 Å². The molecule has 1 unspecified atom stereocenters. The zero-order valence-electron chi connectivity index (χ0n) is 13.3. The molecule has 124 valence electrons. The van der Waals surface area contributed by atoms with Crippen molar-refractivity contribution in [3.8, 4) is 5.75 Å². The minimum atomic E-state index is -0.324. The van der Waals surface area contributed by atoms with Gasteiger partial charge in [-0.05, 0) is 26.0 Å². The fraction of sp³-hybridized carbons (Fsp3) is 0.400. The lowest BCUT2D eigenvalue weighted by atomic mass is 10.3. The van der Waals surface area contributed by atoms with Crippen molar-refractivity contribution < 1.29 is 13.7 Å². The first-order valence-corrected chi connectivity index (χ1v) is 7.22. The van der Waals surface area contributed by atoms with E-state index in [9.17, 15) is 4.39 Å². The molecule has 0 fully saturated rings. The highest BCUT2D eigenvalue weighted by Gasteiger charge is 2.08. The summed E-state index contributed by atoms with van der Waals surface area (Å²) in [5.74, 6) is 1.81. The normalized spacial score (nSPS) is 12.8. The molecule has 0 spiro atoms. The summed E-state index contributed by atoms with van der Waals surface area (Å²) >= 11 is 0. The lowest BCUT2D eigenvalue weighted by Crippen LogP contribution is -2.41. The molecular formula is C15H20FN5O2. The Kier molecular flexibility index (Phi) is 5.90. The monoisotopic (exact) mass is 321 g/mol. The van der Waals surface area contributed by atoms with Crippen molar-refractivity contribution in [2.24, 2.45) is 4.99 Å². The molecule has 2 aromatic rings. The van der Waals surface area contributed by atoms with E-state index in [0.717, 1.165) is 0 Å². The largest absolute Gasteiger partial charge is 0.489 e. The molecular weight excluding hydrogens is 301 g/mol. The molecule has 23 heavy (non-hydrogen) atoms. The zero-order valence-corrected chi connectivity index (χ0v) is 13.3. The maximum absolute atomic E-state index is 13.1. The van der Waals surface area contributed by atoms with Crippen LogP contribution in [0.15, 0.2) is 33.8 Å². The predicted molar refractivity (Wildman–Crippen MR) is 83.7 cm³/mol. The van der Waals surface area contributed by atoms with Crippen molar-refractivity contribution in [3.63, 3.8) is 0 Å². The Morgan fingerprint density at radius 1 is 1.43 bits per heavy atom. The molecule has 8 heteroatoms. The molecule has 0 radical (unpaired) electrons. The number of guanidine groups is 1. The van der Waals surface area contributed by atoms with Crippen LogP contribution in [-0.2, 0) is 6.54 Å². The molecule has 1 heterocycles. The van der Waals surface area contributed by atoms with E-state index in [0.29, 0.717) is 36.5 Å². The van der Waals surface area contributed by atoms with Crippen LogP contribution in [0.1, 0.15) is 18.6 Å². The van der Waals surface area contributed by atoms with Gasteiger partial charge < -0.3 is 19.9 Å². The van der Waals surface area contributed by atoms with Crippen molar-refractivity contribution in [3.05, 3.63) is 41.8 Å². The van der Waals surface area contributed by atoms with Crippen molar-refractivity contribution >= 4 is 5.96 Å². The second-order valence-corrected chi connectivity index (χ2v) is 4.93. The third-order valence-corrected chi connectivity index (χ3v) is 2.89. The van der Waals surface area contributed by atoms with Crippen LogP contribution < -0.4 is 15.4 Å². The first kappa shape index (κ1) is 16.7. The Labute approximate surface area is 134 Å². The molecule has 0 amide bonds. The molecule has 0 aliphatic rings. The Morgan fingerprint density at radius 3 is 2.91 bits per heavy atom. The number of aromatic nitrogens is 2. The van der Waals surface area contributed by atoms with Gasteiger partial charge in [-0.2, -0.15) is 4.98 Å². The topological polar surface area (TPSA) is 84.6 Å². The first-order chi connectivity index (χ1) is 11.1. The van der Waals surface area contributed by atoms with Crippen molar-refractivity contribution in [1.29, 1.82) is 0 Å². The molecule has 0 bridgehead atoms. The summed E-state index contributed by atoms with van der Waals surface area (Å²) in [6.07, 6.45) is -0.166. The van der Waals surface area contributed by atoms with Gasteiger partial charge in [-0.1, -0.05) is 11.2 Å². The lowest BCUT2D eigenvalue weighted by molar-refractivity contribution is 0.223. The van der Waals surface area contributed by atoms with Gasteiger partial charge in [0, 0.05) is 13.1 Å². The second kappa shape index (κ2) is 8.11. The number of rotatable bonds is 6. The van der Waals surface area contributed by atoms with Crippen LogP contribution in [-0.4, -0.2) is 35.8 Å². The van der Waals surface area contributed by atoms with Gasteiger partial charge in [-0.3, -0.25) is 4.99 Å². The fourth-order valence-corrected chi connectivity index (χ4v) is 1.85. The minimum Gasteiger partial charge on any atom is -0.489 e. The summed E-state index contributed by atoms with van der Waals surface area (Å²) in [5.41, 5.74) is 0. The predicted octanol–water partition coefficient (Wildman–Crippen LogP) is 1.65. The highest BCUT2D eigenvalue weighted by atomic mass is 19.1. The molecule has 2 N–H and O–H groups in total. The highest BCUT2D eigenvalue weighted by molar-refractivity contribution is 5.79. The van der Waals surface area contributed by atoms with E-state index in [1.807, 2.05) is 6.92 Å². The van der Waals surface area contributed by atoms with Crippen LogP contribution >= 0.6 is 0 Å². The van der Waals surface area contributed by atoms with E-state index >= 15 is 0 Å². The third-order valence-electron chi connectivity index (χ3n) is 2.89. The van der Waals surface area contributed by atoms with E-state index in [-0.39, 0.29) is 11.9 Å². The average molecular weight is 321 g/mol. The zero-order chi connectivity index (χ0) is 16.7. The van der Waals surface area contributed by atoms with E-state index in [1.165, 1.54) is 12.1 Å². The Bertz CT molecular complexity index is 659. The van der Waals surface area contributed by atoms with Crippen LogP contribution in [0, 0.1) is 12.7 Å². The van der Waals surface area contributed by atoms with Gasteiger partial charge in [0.25, 0.3) is 0 Å². The van der Waals surface area contributed by atoms with Crippen molar-refractivity contribution in [1.82, 2.24) is 20.8 Å². The van der Waals surface area contributed by atoms with Crippen molar-refractivity contribution in [2.75, 3.05) is 13.6 Å². The average Bonchev–Trinajstić information content (AvgIpc) is 2.93. The molecule has 1 aromatic heterocycles. The number of ether oxygens (including phenoxy) is 1. The summed E-state index contributed by atoms with van der Waals surface area (Å²) in [6.45, 7) is 4.51. The molecule has 2 rings (SSSR count). The molecule has 0 aliphatic heterocycles. The van der Waals surface area contributed by atoms with E-state index in [1.54, 1.807) is 26.1 Å². The van der Waals surface area contributed by atoms with E-state index in [2.05, 4.69) is 25.8 Å². The molecule has 0 aliphatic carbocycles. The van der Waals surface area contributed by atoms with Crippen LogP contribution in [0.2, 0.25) is 0 Å². The van der Waals surface area contributed by atoms with Crippen molar-refractivity contribution in [2.45, 2.75) is 26.5 Å². The summed E-state index contributed by atoms with van der Waals surface area (Å²) in [7, 11) is 1.66. The highest BCUT2D eigenvalue weighted by Crippen LogP contribution is 2.13. The number of benzene rings is 1. The quantitative estimate of drug-likeness (QED) is 0.622. The number of nitrogens with zero attached hydrogens (tertiary/aromatic N) is 3. The maximum atomic E-state index is 13.1. The number of aryl methyl sites for hydroxylation is 1. The molecule has 7 nitrogen and oxygen atoms in total. The summed E-state index contributed by atoms with van der Waals surface area (Å²) in [5, 5.41) is 9.88. The SMILES string of the molecule is CN=C(NCc1nc(C)no1)NCC(C)Oc1cccc(F)c1. The molecule has 0 saturated carbocycles. The molecule has 0 saturated heterocycles. The van der Waals surface area contributed by atoms with Gasteiger partial charge in [-0.25, -0.2) is 4.39 Å². The van der Waals surface area contributed by atoms with E-state index < -0.39 is 0 Å². The Hall–Kier alpha value is -2.64. The fourth-order valence-electron chi connectivity index (χ4n) is 1.85. The second-order valence-electron chi connectivity index (χ2n) is 4.93. The van der Waals surface area contributed by atoms with Gasteiger partial charge in [-0.15, -0.1) is 0 Å². The maximum Gasteiger partial charge on any atom is 0.246 e. The summed E-state index contributed by atoms with van der Waals surface area (Å²) < 4.78 is 23.7. The van der Waals surface area contributed by atoms with Gasteiger partial charge >= 0.3 is 0 Å². The molecule has 1 atom stereocenters. The number of halogens is 1. The minimum absolute atomic E-state index is 0.166. The van der Waals surface area contributed by atoms with E-state index in [4.69, 9.17) is 9.26 Å². The summed E-state index contributed by atoms with van der Waals surface area (Å²) in [6, 6.07) is 6.05. The Morgan fingerprint density at radius 2 is 2.26 bits per heavy atom. The van der Waals surface area contributed by atoms with Crippen LogP contribution in [0.5, 0.6) is 5.75 Å². The van der Waals surface area contributed by atoms with Crippen LogP contribution in [0.4, 0.5) is 4.39 Å². The van der Waals surface area contributed by atoms with Gasteiger partial charge in [0.15, 0.2) is 11.8 Å². The number of hydrogen-bond acceptors (Lipinski definition) is 5.